The zero-order chi connectivity index (χ0) is 54.9. The van der Waals surface area contributed by atoms with Crippen LogP contribution in [0.4, 0.5) is 29.2 Å². The number of nitrogen functional groups attached to an aromatic ring is 2. The number of nitrogens with one attached hydrogen (secondary N) is 1. The Labute approximate surface area is 448 Å². The predicted octanol–water partition coefficient (Wildman–Crippen LogP) is 12.6. The van der Waals surface area contributed by atoms with Crippen LogP contribution in [-0.4, -0.2) is 81.4 Å². The Kier molecular flexibility index (Phi) is 18.3. The molecule has 2 saturated heterocycles. The number of anilines is 2. The van der Waals surface area contributed by atoms with Crippen LogP contribution in [0.5, 0.6) is 0 Å². The summed E-state index contributed by atoms with van der Waals surface area (Å²) in [5.74, 6) is -4.25. The summed E-state index contributed by atoms with van der Waals surface area (Å²) in [6.45, 7) is 3.79. The Morgan fingerprint density at radius 3 is 1.49 bits per heavy atom. The molecule has 4 aromatic carbocycles. The van der Waals surface area contributed by atoms with Crippen LogP contribution >= 0.6 is 0 Å². The molecule has 2 aliphatic rings. The normalized spacial score (nSPS) is 14.5. The molecule has 6 heterocycles. The van der Waals surface area contributed by atoms with Gasteiger partial charge in [-0.05, 0) is 168 Å². The van der Waals surface area contributed by atoms with Crippen molar-refractivity contribution in [1.29, 1.82) is 0 Å². The summed E-state index contributed by atoms with van der Waals surface area (Å²) < 4.78 is 62.8. The molecule has 13 nitrogen and oxygen atoms in total. The van der Waals surface area contributed by atoms with E-state index in [1.54, 1.807) is 91.3 Å². The predicted molar refractivity (Wildman–Crippen MR) is 296 cm³/mol. The van der Waals surface area contributed by atoms with Crippen LogP contribution in [0.25, 0.3) is 56.3 Å². The third-order valence-corrected chi connectivity index (χ3v) is 12.9. The number of nitrogens with zero attached hydrogens (tertiary/aromatic N) is 3. The van der Waals surface area contributed by atoms with Gasteiger partial charge in [-0.25, -0.2) is 32.3 Å². The average Bonchev–Trinajstić information content (AvgIpc) is 4.25. The number of nitrogens with two attached hydrogens (primary N) is 2. The van der Waals surface area contributed by atoms with Gasteiger partial charge in [0.25, 0.3) is 17.8 Å². The summed E-state index contributed by atoms with van der Waals surface area (Å²) in [6, 6.07) is 32.7. The van der Waals surface area contributed by atoms with E-state index in [0.29, 0.717) is 49.4 Å². The zero-order valence-electron chi connectivity index (χ0n) is 42.3. The molecule has 0 atom stereocenters. The van der Waals surface area contributed by atoms with E-state index in [0.717, 1.165) is 78.0 Å². The van der Waals surface area contributed by atoms with Gasteiger partial charge in [0.15, 0.2) is 11.6 Å². The highest BCUT2D eigenvalue weighted by molar-refractivity contribution is 5.96. The van der Waals surface area contributed by atoms with Gasteiger partial charge in [0.2, 0.25) is 0 Å². The lowest BCUT2D eigenvalue weighted by molar-refractivity contribution is -0.115. The summed E-state index contributed by atoms with van der Waals surface area (Å²) in [5, 5.41) is 13.5. The zero-order valence-corrected chi connectivity index (χ0v) is 42.3. The van der Waals surface area contributed by atoms with Crippen LogP contribution in [0.1, 0.15) is 87.6 Å². The Morgan fingerprint density at radius 1 is 0.641 bits per heavy atom. The van der Waals surface area contributed by atoms with E-state index >= 15 is 0 Å². The summed E-state index contributed by atoms with van der Waals surface area (Å²) in [5.41, 5.74) is 20.7. The largest absolute Gasteiger partial charge is 0.478 e. The molecular formula is C61H60F4N6O7. The molecule has 0 spiro atoms. The molecule has 8 aromatic rings. The number of likely N-dealkylation sites (tertiary alicyclic amines) is 1. The number of aryl methyl sites for hydroxylation is 4. The highest BCUT2D eigenvalue weighted by Gasteiger charge is 2.40. The first-order valence-electron chi connectivity index (χ1n) is 24.9. The van der Waals surface area contributed by atoms with Gasteiger partial charge in [-0.3, -0.25) is 14.4 Å². The number of rotatable bonds is 14. The van der Waals surface area contributed by atoms with Crippen LogP contribution < -0.4 is 16.8 Å². The van der Waals surface area contributed by atoms with Gasteiger partial charge in [-0.15, -0.1) is 0 Å². The Hall–Kier alpha value is -8.70. The van der Waals surface area contributed by atoms with Crippen LogP contribution in [-0.2, 0) is 22.4 Å². The van der Waals surface area contributed by atoms with E-state index in [-0.39, 0.29) is 56.4 Å². The van der Waals surface area contributed by atoms with E-state index in [1.807, 2.05) is 62.4 Å². The molecule has 78 heavy (non-hydrogen) atoms. The molecule has 10 rings (SSSR count). The molecule has 0 unspecified atom stereocenters. The number of amides is 1. The first-order chi connectivity index (χ1) is 36.8. The summed E-state index contributed by atoms with van der Waals surface area (Å²) in [7, 11) is 0. The van der Waals surface area contributed by atoms with Crippen LogP contribution in [0, 0.1) is 13.8 Å². The Morgan fingerprint density at radius 2 is 1.12 bits per heavy atom. The standard InChI is InChI=1S/C30H27F2N3O3.C26H22N2O4.C4H7F2N.CH4/c1-19-14-23(21-4-6-22(7-5-21)29(37)35-13-12-30(31,32)18-35)15-24-16-26(38-28(19)24)10-9-25(36)8-2-20-3-11-27(33)34-17-20;1-16-12-20(18-4-6-19(7-5-18)26(30)31)13-21-14-23(32-25(16)21)10-9-22(29)8-2-17-3-11-24(27)28-15-17;5-4(6)1-2-7-3-4;/h2-8,11,14-17H,9-10,12-13,18H2,1H3,(H2,33,34);2-8,11-15H,9-10H2,1H3,(H2,27,28)(H,30,31);7H,1-3H2;1H4/b2*8-2+;;. The van der Waals surface area contributed by atoms with Crippen molar-refractivity contribution >= 4 is 69.2 Å². The molecule has 6 N–H and O–H groups in total. The number of alkyl halides is 4. The Bertz CT molecular complexity index is 3470. The highest BCUT2D eigenvalue weighted by atomic mass is 19.3. The fourth-order valence-corrected chi connectivity index (χ4v) is 8.75. The number of carbonyl (C=O) groups is 4. The number of hydrogen-bond donors (Lipinski definition) is 4. The molecule has 4 aromatic heterocycles. The van der Waals surface area contributed by atoms with Gasteiger partial charge < -0.3 is 35.6 Å². The van der Waals surface area contributed by atoms with E-state index in [1.165, 1.54) is 11.0 Å². The molecule has 0 radical (unpaired) electrons. The van der Waals surface area contributed by atoms with Gasteiger partial charge in [-0.2, -0.15) is 0 Å². The quantitative estimate of drug-likeness (QED) is 0.0592. The fraction of sp³-hybridized carbons (Fsp3) is 0.246. The van der Waals surface area contributed by atoms with Crippen LogP contribution in [0.15, 0.2) is 143 Å². The number of fused-ring (bicyclic) bond motifs is 2. The highest BCUT2D eigenvalue weighted by Crippen LogP contribution is 2.33. The van der Waals surface area contributed by atoms with Gasteiger partial charge in [-0.1, -0.05) is 31.7 Å². The molecule has 404 valence electrons. The minimum Gasteiger partial charge on any atom is -0.478 e. The van der Waals surface area contributed by atoms with E-state index in [9.17, 15) is 36.7 Å². The van der Waals surface area contributed by atoms with E-state index in [4.69, 9.17) is 25.4 Å². The van der Waals surface area contributed by atoms with Gasteiger partial charge >= 0.3 is 5.97 Å². The third-order valence-electron chi connectivity index (χ3n) is 12.9. The number of allylic oxidation sites excluding steroid dienone is 2. The maximum absolute atomic E-state index is 13.5. The Balaban J connectivity index is 0.000000200. The van der Waals surface area contributed by atoms with Gasteiger partial charge in [0.1, 0.15) is 34.3 Å². The first kappa shape index (κ1) is 57.0. The second-order valence-electron chi connectivity index (χ2n) is 19.1. The van der Waals surface area contributed by atoms with Crippen molar-refractivity contribution in [2.45, 2.75) is 71.6 Å². The lowest BCUT2D eigenvalue weighted by atomic mass is 10.00. The number of aromatic nitrogens is 2. The average molecular weight is 1070 g/mol. The van der Waals surface area contributed by atoms with E-state index < -0.39 is 24.4 Å². The molecule has 1 amide bonds. The van der Waals surface area contributed by atoms with Crippen LogP contribution in [0.2, 0.25) is 0 Å². The van der Waals surface area contributed by atoms with Crippen molar-refractivity contribution in [2.24, 2.45) is 0 Å². The number of carboxylic acids is 1. The topological polar surface area (TPSA) is 208 Å². The molecule has 17 heteroatoms. The number of pyridine rings is 2. The lowest BCUT2D eigenvalue weighted by Gasteiger charge is -2.16. The third kappa shape index (κ3) is 15.2. The number of carbonyl (C=O) groups excluding carboxylic acids is 3. The molecular weight excluding hydrogens is 1000 g/mol. The molecule has 2 aliphatic heterocycles. The number of halogens is 4. The number of carboxylic acid groups (broad SMARTS) is 1. The number of ketones is 2. The maximum Gasteiger partial charge on any atom is 0.335 e. The second kappa shape index (κ2) is 25.0. The smallest absolute Gasteiger partial charge is 0.335 e. The number of furan rings is 2. The molecule has 0 bridgehead atoms. The number of aromatic carboxylic acids is 1. The minimum atomic E-state index is -2.81. The summed E-state index contributed by atoms with van der Waals surface area (Å²) >= 11 is 0. The molecule has 0 aliphatic carbocycles. The van der Waals surface area contributed by atoms with Crippen molar-refractivity contribution in [3.63, 3.8) is 0 Å². The van der Waals surface area contributed by atoms with Gasteiger partial charge in [0, 0.05) is 80.3 Å². The van der Waals surface area contributed by atoms with E-state index in [2.05, 4.69) is 15.3 Å². The number of benzene rings is 4. The minimum absolute atomic E-state index is 0. The molecule has 0 saturated carbocycles. The fourth-order valence-electron chi connectivity index (χ4n) is 8.75. The van der Waals surface area contributed by atoms with Crippen LogP contribution in [0.3, 0.4) is 0 Å². The molecule has 2 fully saturated rings. The second-order valence-corrected chi connectivity index (χ2v) is 19.1. The van der Waals surface area contributed by atoms with Crippen molar-refractivity contribution in [3.8, 4) is 22.3 Å². The SMILES string of the molecule is C.Cc1cc(-c2ccc(C(=O)N3CCC(F)(F)C3)cc2)cc2cc(CCC(=O)/C=C/c3ccc(N)nc3)oc12.Cc1cc(-c2ccc(C(=O)O)cc2)cc2cc(CCC(=O)/C=C/c3ccc(N)nc3)oc12.FC1(F)CCNC1. The summed E-state index contributed by atoms with van der Waals surface area (Å²) in [4.78, 5) is 57.4. The van der Waals surface area contributed by atoms with Crippen molar-refractivity contribution in [3.05, 3.63) is 179 Å². The van der Waals surface area contributed by atoms with Gasteiger partial charge in [0.05, 0.1) is 18.7 Å². The number of hydrogen-bond acceptors (Lipinski definition) is 11. The maximum atomic E-state index is 13.5. The summed E-state index contributed by atoms with van der Waals surface area (Å²) in [6.07, 6.45) is 11.1. The van der Waals surface area contributed by atoms with Crippen molar-refractivity contribution in [2.75, 3.05) is 37.6 Å². The lowest BCUT2D eigenvalue weighted by Crippen LogP contribution is -2.31. The van der Waals surface area contributed by atoms with Crippen molar-refractivity contribution in [1.82, 2.24) is 20.2 Å². The first-order valence-corrected chi connectivity index (χ1v) is 24.9. The van der Waals surface area contributed by atoms with Crippen molar-refractivity contribution < 1.29 is 50.7 Å². The monoisotopic (exact) mass is 1060 g/mol.